The number of nitrogens with one attached hydrogen (secondary N) is 1. The van der Waals surface area contributed by atoms with Crippen molar-refractivity contribution in [3.63, 3.8) is 0 Å². The fourth-order valence-corrected chi connectivity index (χ4v) is 4.24. The Morgan fingerprint density at radius 1 is 1.27 bits per heavy atom. The second kappa shape index (κ2) is 8.33. The molecule has 2 aromatic rings. The van der Waals surface area contributed by atoms with Crippen LogP contribution in [0, 0.1) is 5.92 Å². The first kappa shape index (κ1) is 19.1. The van der Waals surface area contributed by atoms with Crippen LogP contribution < -0.4 is 10.5 Å². The van der Waals surface area contributed by atoms with Gasteiger partial charge in [0.25, 0.3) is 10.0 Å². The molecular weight excluding hydrogens is 348 g/mol. The van der Waals surface area contributed by atoms with Crippen LogP contribution in [0.2, 0.25) is 0 Å². The molecule has 0 unspecified atom stereocenters. The Labute approximate surface area is 155 Å². The molecule has 0 spiro atoms. The number of aromatic nitrogens is 2. The van der Waals surface area contributed by atoms with Crippen LogP contribution in [0.15, 0.2) is 41.8 Å². The molecule has 1 aliphatic rings. The quantitative estimate of drug-likeness (QED) is 0.777. The van der Waals surface area contributed by atoms with Gasteiger partial charge in [-0.15, -0.1) is 0 Å². The molecule has 3 N–H and O–H groups in total. The lowest BCUT2D eigenvalue weighted by Gasteiger charge is -2.25. The van der Waals surface area contributed by atoms with Gasteiger partial charge >= 0.3 is 0 Å². The zero-order chi connectivity index (χ0) is 18.6. The average molecular weight is 377 g/mol. The number of benzene rings is 1. The van der Waals surface area contributed by atoms with Gasteiger partial charge in [0.1, 0.15) is 6.33 Å². The minimum Gasteiger partial charge on any atom is -0.310 e. The summed E-state index contributed by atoms with van der Waals surface area (Å²) in [5.41, 5.74) is 2.01. The molecule has 26 heavy (non-hydrogen) atoms. The highest BCUT2D eigenvalue weighted by molar-refractivity contribution is 7.89. The third-order valence-corrected chi connectivity index (χ3v) is 5.97. The summed E-state index contributed by atoms with van der Waals surface area (Å²) < 4.78 is 24.6. The van der Waals surface area contributed by atoms with E-state index in [-0.39, 0.29) is 5.03 Å². The zero-order valence-corrected chi connectivity index (χ0v) is 16.1. The Bertz CT molecular complexity index is 826. The highest BCUT2D eigenvalue weighted by Gasteiger charge is 2.17. The number of primary sulfonamides is 1. The van der Waals surface area contributed by atoms with Crippen LogP contribution in [0.25, 0.3) is 5.69 Å². The maximum absolute atomic E-state index is 11.5. The number of nitrogens with zero attached hydrogens (tertiary/aromatic N) is 2. The fraction of sp³-hybridized carbons (Fsp3) is 0.526. The van der Waals surface area contributed by atoms with Crippen molar-refractivity contribution in [1.82, 2.24) is 14.9 Å². The number of hydrogen-bond donors (Lipinski definition) is 2. The molecule has 6 nitrogen and oxygen atoms in total. The van der Waals surface area contributed by atoms with Crippen molar-refractivity contribution >= 4 is 10.0 Å². The second-order valence-corrected chi connectivity index (χ2v) is 8.82. The molecule has 1 atom stereocenters. The van der Waals surface area contributed by atoms with Crippen LogP contribution in [0.4, 0.5) is 0 Å². The number of sulfonamides is 1. The van der Waals surface area contributed by atoms with Crippen molar-refractivity contribution < 1.29 is 8.42 Å². The summed E-state index contributed by atoms with van der Waals surface area (Å²) in [6, 6.07) is 8.38. The summed E-state index contributed by atoms with van der Waals surface area (Å²) in [5.74, 6) is 0.840. The van der Waals surface area contributed by atoms with Gasteiger partial charge in [0.2, 0.25) is 0 Å². The van der Waals surface area contributed by atoms with Crippen LogP contribution in [0.3, 0.4) is 0 Å². The third-order valence-electron chi connectivity index (χ3n) is 5.17. The van der Waals surface area contributed by atoms with E-state index in [1.807, 2.05) is 24.3 Å². The van der Waals surface area contributed by atoms with Crippen LogP contribution in [-0.2, 0) is 16.6 Å². The Balaban J connectivity index is 1.66. The summed E-state index contributed by atoms with van der Waals surface area (Å²) in [4.78, 5) is 3.91. The Hall–Kier alpha value is -1.70. The largest absolute Gasteiger partial charge is 0.310 e. The summed E-state index contributed by atoms with van der Waals surface area (Å²) in [7, 11) is -3.79. The lowest BCUT2D eigenvalue weighted by atomic mass is 9.85. The summed E-state index contributed by atoms with van der Waals surface area (Å²) >= 11 is 0. The normalized spacial score (nSPS) is 17.3. The summed E-state index contributed by atoms with van der Waals surface area (Å²) in [6.45, 7) is 2.97. The molecule has 0 amide bonds. The van der Waals surface area contributed by atoms with E-state index in [0.29, 0.717) is 6.04 Å². The van der Waals surface area contributed by atoms with Crippen molar-refractivity contribution in [1.29, 1.82) is 0 Å². The van der Waals surface area contributed by atoms with E-state index in [1.54, 1.807) is 4.57 Å². The Morgan fingerprint density at radius 2 is 2.00 bits per heavy atom. The first-order chi connectivity index (χ1) is 12.4. The van der Waals surface area contributed by atoms with Crippen molar-refractivity contribution in [2.75, 3.05) is 0 Å². The van der Waals surface area contributed by atoms with Crippen molar-refractivity contribution in [2.45, 2.75) is 63.1 Å². The molecule has 1 heterocycles. The zero-order valence-electron chi connectivity index (χ0n) is 15.3. The number of rotatable bonds is 7. The molecule has 1 fully saturated rings. The molecule has 0 radical (unpaired) electrons. The van der Waals surface area contributed by atoms with Gasteiger partial charge in [-0.25, -0.2) is 18.5 Å². The fourth-order valence-electron chi connectivity index (χ4n) is 3.79. The molecule has 1 saturated carbocycles. The van der Waals surface area contributed by atoms with Crippen LogP contribution >= 0.6 is 0 Å². The monoisotopic (exact) mass is 376 g/mol. The van der Waals surface area contributed by atoms with Crippen LogP contribution in [0.1, 0.15) is 51.0 Å². The third kappa shape index (κ3) is 4.93. The molecule has 3 rings (SSSR count). The van der Waals surface area contributed by atoms with Gasteiger partial charge in [0.05, 0.1) is 5.69 Å². The van der Waals surface area contributed by atoms with Gasteiger partial charge in [0, 0.05) is 18.8 Å². The van der Waals surface area contributed by atoms with E-state index in [1.165, 1.54) is 51.0 Å². The SMILES string of the molecule is C[C@@H](CC1CCCCC1)NCc1ccccc1-n1cnc(S(N)(=O)=O)c1. The predicted octanol–water partition coefficient (Wildman–Crippen LogP) is 2.97. The average Bonchev–Trinajstić information content (AvgIpc) is 3.11. The number of para-hydroxylation sites is 1. The van der Waals surface area contributed by atoms with Gasteiger partial charge in [-0.1, -0.05) is 50.3 Å². The van der Waals surface area contributed by atoms with Gasteiger partial charge < -0.3 is 9.88 Å². The molecule has 0 aliphatic heterocycles. The van der Waals surface area contributed by atoms with E-state index < -0.39 is 10.0 Å². The van der Waals surface area contributed by atoms with E-state index >= 15 is 0 Å². The lowest BCUT2D eigenvalue weighted by Crippen LogP contribution is -2.29. The van der Waals surface area contributed by atoms with Crippen molar-refractivity contribution in [2.24, 2.45) is 11.1 Å². The lowest BCUT2D eigenvalue weighted by molar-refractivity contribution is 0.304. The maximum atomic E-state index is 11.5. The molecular formula is C19H28N4O2S. The maximum Gasteiger partial charge on any atom is 0.257 e. The topological polar surface area (TPSA) is 90.0 Å². The minimum atomic E-state index is -3.79. The van der Waals surface area contributed by atoms with E-state index in [2.05, 4.69) is 17.2 Å². The predicted molar refractivity (Wildman–Crippen MR) is 102 cm³/mol. The highest BCUT2D eigenvalue weighted by Crippen LogP contribution is 2.27. The molecule has 0 saturated heterocycles. The molecule has 142 valence electrons. The van der Waals surface area contributed by atoms with E-state index in [0.717, 1.165) is 23.7 Å². The van der Waals surface area contributed by atoms with Gasteiger partial charge in [-0.2, -0.15) is 0 Å². The summed E-state index contributed by atoms with van der Waals surface area (Å²) in [6.07, 6.45) is 11.0. The van der Waals surface area contributed by atoms with Crippen LogP contribution in [-0.4, -0.2) is 24.0 Å². The van der Waals surface area contributed by atoms with E-state index in [4.69, 9.17) is 5.14 Å². The minimum absolute atomic E-state index is 0.120. The molecule has 1 aromatic carbocycles. The first-order valence-electron chi connectivity index (χ1n) is 9.32. The van der Waals surface area contributed by atoms with Crippen molar-refractivity contribution in [3.8, 4) is 5.69 Å². The number of hydrogen-bond acceptors (Lipinski definition) is 4. The Morgan fingerprint density at radius 3 is 2.69 bits per heavy atom. The molecule has 1 aliphatic carbocycles. The summed E-state index contributed by atoms with van der Waals surface area (Å²) in [5, 5.41) is 8.65. The molecule has 1 aromatic heterocycles. The van der Waals surface area contributed by atoms with Gasteiger partial charge in [0.15, 0.2) is 5.03 Å². The Kier molecular flexibility index (Phi) is 6.11. The number of imidazole rings is 1. The smallest absolute Gasteiger partial charge is 0.257 e. The standard InChI is InChI=1S/C19H28N4O2S/c1-15(11-16-7-3-2-4-8-16)21-12-17-9-5-6-10-18(17)23-13-19(22-14-23)26(20,24)25/h5-6,9-10,13-16,21H,2-4,7-8,11-12H2,1H3,(H2,20,24,25)/t15-/m0/s1. The highest BCUT2D eigenvalue weighted by atomic mass is 32.2. The molecule has 7 heteroatoms. The van der Waals surface area contributed by atoms with Gasteiger partial charge in [-0.05, 0) is 30.9 Å². The van der Waals surface area contributed by atoms with Crippen LogP contribution in [0.5, 0.6) is 0 Å². The first-order valence-corrected chi connectivity index (χ1v) is 10.9. The van der Waals surface area contributed by atoms with Crippen molar-refractivity contribution in [3.05, 3.63) is 42.4 Å². The molecule has 0 bridgehead atoms. The second-order valence-electron chi connectivity index (χ2n) is 7.31. The van der Waals surface area contributed by atoms with Gasteiger partial charge in [-0.3, -0.25) is 0 Å². The van der Waals surface area contributed by atoms with E-state index in [9.17, 15) is 8.42 Å². The number of nitrogens with two attached hydrogens (primary N) is 1.